The molecular weight excluding hydrogens is 160 g/mol. The van der Waals surface area contributed by atoms with Crippen LogP contribution in [-0.4, -0.2) is 11.2 Å². The molecule has 1 fully saturated rings. The van der Waals surface area contributed by atoms with Gasteiger partial charge in [0, 0.05) is 0 Å². The molecule has 1 heteroatoms. The van der Waals surface area contributed by atoms with Gasteiger partial charge in [0.05, 0.1) is 6.10 Å². The molecule has 1 nitrogen and oxygen atoms in total. The minimum absolute atomic E-state index is 0.00324. The van der Waals surface area contributed by atoms with Crippen LogP contribution in [-0.2, 0) is 0 Å². The van der Waals surface area contributed by atoms with Gasteiger partial charge >= 0.3 is 0 Å². The average Bonchev–Trinajstić information content (AvgIpc) is 2.32. The lowest BCUT2D eigenvalue weighted by atomic mass is 9.87. The van der Waals surface area contributed by atoms with Gasteiger partial charge < -0.3 is 5.11 Å². The molecule has 0 aromatic rings. The summed E-state index contributed by atoms with van der Waals surface area (Å²) in [5.74, 6) is 1.38. The molecule has 0 aromatic carbocycles. The van der Waals surface area contributed by atoms with Crippen molar-refractivity contribution in [2.24, 2.45) is 11.8 Å². The molecule has 0 radical (unpaired) electrons. The average molecular weight is 184 g/mol. The van der Waals surface area contributed by atoms with Crippen LogP contribution in [0.3, 0.4) is 0 Å². The first kappa shape index (κ1) is 11.0. The summed E-state index contributed by atoms with van der Waals surface area (Å²) < 4.78 is 0. The molecule has 1 unspecified atom stereocenters. The normalized spacial score (nSPS) is 32.5. The molecule has 1 N–H and O–H groups in total. The van der Waals surface area contributed by atoms with Crippen LogP contribution in [0.15, 0.2) is 0 Å². The van der Waals surface area contributed by atoms with Crippen LogP contribution in [0.5, 0.6) is 0 Å². The first-order valence-electron chi connectivity index (χ1n) is 5.92. The van der Waals surface area contributed by atoms with Crippen LogP contribution in [0.1, 0.15) is 58.8 Å². The third-order valence-electron chi connectivity index (χ3n) is 3.52. The summed E-state index contributed by atoms with van der Waals surface area (Å²) >= 11 is 0. The Morgan fingerprint density at radius 3 is 2.62 bits per heavy atom. The van der Waals surface area contributed by atoms with Crippen LogP contribution < -0.4 is 0 Å². The lowest BCUT2D eigenvalue weighted by Crippen LogP contribution is -2.20. The molecule has 78 valence electrons. The Labute approximate surface area is 82.5 Å². The quantitative estimate of drug-likeness (QED) is 0.667. The first-order chi connectivity index (χ1) is 6.24. The van der Waals surface area contributed by atoms with Gasteiger partial charge in [-0.1, -0.05) is 39.5 Å². The van der Waals surface area contributed by atoms with Gasteiger partial charge in [0.15, 0.2) is 0 Å². The molecule has 1 saturated carbocycles. The Bertz CT molecular complexity index is 133. The Morgan fingerprint density at radius 2 is 1.92 bits per heavy atom. The molecule has 1 aliphatic rings. The molecule has 0 saturated heterocycles. The van der Waals surface area contributed by atoms with E-state index < -0.39 is 0 Å². The smallest absolute Gasteiger partial charge is 0.0568 e. The van der Waals surface area contributed by atoms with Gasteiger partial charge in [-0.2, -0.15) is 0 Å². The molecule has 1 aliphatic carbocycles. The van der Waals surface area contributed by atoms with E-state index in [1.165, 1.54) is 38.5 Å². The maximum atomic E-state index is 9.89. The number of aliphatic hydroxyl groups is 1. The number of hydrogen-bond acceptors (Lipinski definition) is 1. The molecule has 0 amide bonds. The van der Waals surface area contributed by atoms with E-state index in [0.29, 0.717) is 5.92 Å². The SMILES string of the molecule is CCC(C)C[C@@H]1CCCCC[C@H]1O. The van der Waals surface area contributed by atoms with Crippen LogP contribution in [0.25, 0.3) is 0 Å². The number of hydrogen-bond donors (Lipinski definition) is 1. The van der Waals surface area contributed by atoms with Crippen molar-refractivity contribution in [3.05, 3.63) is 0 Å². The molecular formula is C12H24O. The summed E-state index contributed by atoms with van der Waals surface area (Å²) in [6.07, 6.45) is 8.68. The van der Waals surface area contributed by atoms with E-state index in [2.05, 4.69) is 13.8 Å². The van der Waals surface area contributed by atoms with Crippen molar-refractivity contribution in [2.75, 3.05) is 0 Å². The second kappa shape index (κ2) is 5.64. The van der Waals surface area contributed by atoms with Gasteiger partial charge in [0.25, 0.3) is 0 Å². The third-order valence-corrected chi connectivity index (χ3v) is 3.52. The Hall–Kier alpha value is -0.0400. The summed E-state index contributed by atoms with van der Waals surface area (Å²) in [4.78, 5) is 0. The second-order valence-electron chi connectivity index (χ2n) is 4.71. The van der Waals surface area contributed by atoms with E-state index >= 15 is 0 Å². The van der Waals surface area contributed by atoms with Crippen molar-refractivity contribution in [3.8, 4) is 0 Å². The zero-order valence-electron chi connectivity index (χ0n) is 9.13. The van der Waals surface area contributed by atoms with Gasteiger partial charge in [-0.05, 0) is 31.1 Å². The van der Waals surface area contributed by atoms with Crippen molar-refractivity contribution in [1.29, 1.82) is 0 Å². The van der Waals surface area contributed by atoms with Crippen LogP contribution in [0, 0.1) is 11.8 Å². The molecule has 0 heterocycles. The van der Waals surface area contributed by atoms with E-state index in [-0.39, 0.29) is 6.10 Å². The van der Waals surface area contributed by atoms with Gasteiger partial charge in [-0.25, -0.2) is 0 Å². The maximum absolute atomic E-state index is 9.89. The zero-order chi connectivity index (χ0) is 9.68. The summed E-state index contributed by atoms with van der Waals surface area (Å²) in [5, 5.41) is 9.89. The second-order valence-corrected chi connectivity index (χ2v) is 4.71. The van der Waals surface area contributed by atoms with Crippen LogP contribution in [0.4, 0.5) is 0 Å². The fourth-order valence-electron chi connectivity index (χ4n) is 2.32. The van der Waals surface area contributed by atoms with Gasteiger partial charge in [0.2, 0.25) is 0 Å². The van der Waals surface area contributed by atoms with Crippen LogP contribution in [0.2, 0.25) is 0 Å². The largest absolute Gasteiger partial charge is 0.393 e. The van der Waals surface area contributed by atoms with E-state index in [9.17, 15) is 5.11 Å². The summed E-state index contributed by atoms with van der Waals surface area (Å²) in [5.41, 5.74) is 0. The molecule has 1 rings (SSSR count). The fraction of sp³-hybridized carbons (Fsp3) is 1.00. The minimum Gasteiger partial charge on any atom is -0.393 e. The van der Waals surface area contributed by atoms with Gasteiger partial charge in [-0.15, -0.1) is 0 Å². The van der Waals surface area contributed by atoms with E-state index in [1.807, 2.05) is 0 Å². The summed E-state index contributed by atoms with van der Waals surface area (Å²) in [6, 6.07) is 0. The van der Waals surface area contributed by atoms with Crippen molar-refractivity contribution >= 4 is 0 Å². The highest BCUT2D eigenvalue weighted by Gasteiger charge is 2.22. The Morgan fingerprint density at radius 1 is 1.23 bits per heavy atom. The highest BCUT2D eigenvalue weighted by Crippen LogP contribution is 2.29. The number of rotatable bonds is 3. The molecule has 0 aliphatic heterocycles. The minimum atomic E-state index is -0.00324. The van der Waals surface area contributed by atoms with Crippen LogP contribution >= 0.6 is 0 Å². The standard InChI is InChI=1S/C12H24O/c1-3-10(2)9-11-7-5-4-6-8-12(11)13/h10-13H,3-9H2,1-2H3/t10?,11-,12+/m0/s1. The maximum Gasteiger partial charge on any atom is 0.0568 e. The van der Waals surface area contributed by atoms with E-state index in [0.717, 1.165) is 12.3 Å². The molecule has 0 aromatic heterocycles. The third kappa shape index (κ3) is 3.68. The topological polar surface area (TPSA) is 20.2 Å². The van der Waals surface area contributed by atoms with E-state index in [4.69, 9.17) is 0 Å². The van der Waals surface area contributed by atoms with Crippen molar-refractivity contribution < 1.29 is 5.11 Å². The monoisotopic (exact) mass is 184 g/mol. The van der Waals surface area contributed by atoms with E-state index in [1.54, 1.807) is 0 Å². The predicted molar refractivity (Wildman–Crippen MR) is 56.7 cm³/mol. The van der Waals surface area contributed by atoms with Crippen molar-refractivity contribution in [2.45, 2.75) is 64.9 Å². The lowest BCUT2D eigenvalue weighted by Gasteiger charge is -2.23. The van der Waals surface area contributed by atoms with Gasteiger partial charge in [0.1, 0.15) is 0 Å². The highest BCUT2D eigenvalue weighted by atomic mass is 16.3. The molecule has 3 atom stereocenters. The summed E-state index contributed by atoms with van der Waals surface area (Å²) in [7, 11) is 0. The first-order valence-corrected chi connectivity index (χ1v) is 5.92. The highest BCUT2D eigenvalue weighted by molar-refractivity contribution is 4.74. The number of aliphatic hydroxyl groups excluding tert-OH is 1. The lowest BCUT2D eigenvalue weighted by molar-refractivity contribution is 0.0868. The summed E-state index contributed by atoms with van der Waals surface area (Å²) in [6.45, 7) is 4.55. The molecule has 13 heavy (non-hydrogen) atoms. The molecule has 0 bridgehead atoms. The Kier molecular flexibility index (Phi) is 4.79. The molecule has 0 spiro atoms. The Balaban J connectivity index is 2.35. The fourth-order valence-corrected chi connectivity index (χ4v) is 2.32. The van der Waals surface area contributed by atoms with Gasteiger partial charge in [-0.3, -0.25) is 0 Å². The zero-order valence-corrected chi connectivity index (χ0v) is 9.13. The van der Waals surface area contributed by atoms with Crippen molar-refractivity contribution in [1.82, 2.24) is 0 Å². The van der Waals surface area contributed by atoms with Crippen molar-refractivity contribution in [3.63, 3.8) is 0 Å². The predicted octanol–water partition coefficient (Wildman–Crippen LogP) is 3.36.